The van der Waals surface area contributed by atoms with Crippen molar-refractivity contribution in [1.29, 1.82) is 0 Å². The first-order chi connectivity index (χ1) is 11.5. The molecule has 3 fully saturated rings. The molecule has 1 saturated heterocycles. The number of rotatable bonds is 1. The van der Waals surface area contributed by atoms with Crippen molar-refractivity contribution in [3.8, 4) is 0 Å². The van der Waals surface area contributed by atoms with Crippen LogP contribution in [0.1, 0.15) is 66.7 Å². The quantitative estimate of drug-likeness (QED) is 0.551. The van der Waals surface area contributed by atoms with Crippen molar-refractivity contribution in [3.63, 3.8) is 0 Å². The topological polar surface area (TPSA) is 15.6 Å². The number of fused-ring (bicyclic) bond motifs is 1. The van der Waals surface area contributed by atoms with Crippen LogP contribution < -0.4 is 0 Å². The second-order valence-corrected chi connectivity index (χ2v) is 8.98. The van der Waals surface area contributed by atoms with Crippen LogP contribution >= 0.6 is 0 Å². The number of allylic oxidation sites excluding steroid dienone is 1. The van der Waals surface area contributed by atoms with E-state index in [0.717, 1.165) is 35.5 Å². The summed E-state index contributed by atoms with van der Waals surface area (Å²) in [5, 5.41) is 0. The molecular formula is C22H38FeN2. The standard InChI is InChI=1S/C12H18N2.C10H20.Fe/c1-2-9-14(8-1)12-6-7-13-11-5-3-4-10(11)12;1-6-7(2)9(4)10(5)8(6)3;/h6-7,10-11H,1-5,8-9H2;6-10H,1-5H3;. The molecule has 0 N–H and O–H groups in total. The van der Waals surface area contributed by atoms with Crippen molar-refractivity contribution in [1.82, 2.24) is 4.90 Å². The van der Waals surface area contributed by atoms with E-state index in [1.54, 1.807) is 5.70 Å². The molecule has 2 nitrogen and oxygen atoms in total. The van der Waals surface area contributed by atoms with Gasteiger partial charge in [-0.05, 0) is 61.3 Å². The van der Waals surface area contributed by atoms with Crippen LogP contribution in [-0.2, 0) is 17.1 Å². The van der Waals surface area contributed by atoms with E-state index < -0.39 is 0 Å². The predicted molar refractivity (Wildman–Crippen MR) is 104 cm³/mol. The van der Waals surface area contributed by atoms with Gasteiger partial charge in [0.05, 0.1) is 6.04 Å². The van der Waals surface area contributed by atoms with Crippen LogP contribution in [0.15, 0.2) is 16.8 Å². The Morgan fingerprint density at radius 3 is 1.84 bits per heavy atom. The van der Waals surface area contributed by atoms with Gasteiger partial charge < -0.3 is 4.90 Å². The van der Waals surface area contributed by atoms with Gasteiger partial charge in [0.15, 0.2) is 0 Å². The van der Waals surface area contributed by atoms with E-state index in [0.29, 0.717) is 6.04 Å². The van der Waals surface area contributed by atoms with Crippen molar-refractivity contribution in [2.24, 2.45) is 40.5 Å². The van der Waals surface area contributed by atoms with Crippen LogP contribution in [0.5, 0.6) is 0 Å². The molecule has 3 heteroatoms. The van der Waals surface area contributed by atoms with E-state index >= 15 is 0 Å². The average Bonchev–Trinajstić information content (AvgIpc) is 3.32. The Hall–Kier alpha value is -0.271. The van der Waals surface area contributed by atoms with Gasteiger partial charge in [0, 0.05) is 48.0 Å². The first-order valence-electron chi connectivity index (χ1n) is 10.5. The normalized spacial score (nSPS) is 42.4. The third-order valence-corrected chi connectivity index (χ3v) is 8.00. The zero-order valence-corrected chi connectivity index (χ0v) is 18.0. The monoisotopic (exact) mass is 386 g/mol. The van der Waals surface area contributed by atoms with E-state index in [4.69, 9.17) is 0 Å². The first-order valence-corrected chi connectivity index (χ1v) is 10.5. The minimum Gasteiger partial charge on any atom is -0.374 e. The third kappa shape index (κ3) is 4.35. The molecule has 0 bridgehead atoms. The third-order valence-electron chi connectivity index (χ3n) is 8.00. The molecule has 144 valence electrons. The number of likely N-dealkylation sites (tertiary alicyclic amines) is 1. The van der Waals surface area contributed by atoms with Gasteiger partial charge in [0.2, 0.25) is 0 Å². The zero-order chi connectivity index (χ0) is 17.3. The molecule has 0 radical (unpaired) electrons. The molecule has 2 heterocycles. The minimum absolute atomic E-state index is 0. The maximum absolute atomic E-state index is 4.59. The fourth-order valence-corrected chi connectivity index (χ4v) is 5.53. The van der Waals surface area contributed by atoms with E-state index in [9.17, 15) is 0 Å². The molecule has 2 atom stereocenters. The predicted octanol–water partition coefficient (Wildman–Crippen LogP) is 5.40. The summed E-state index contributed by atoms with van der Waals surface area (Å²) >= 11 is 0. The fourth-order valence-electron chi connectivity index (χ4n) is 5.53. The van der Waals surface area contributed by atoms with Crippen LogP contribution in [0, 0.1) is 35.5 Å². The van der Waals surface area contributed by atoms with Crippen molar-refractivity contribution in [2.75, 3.05) is 13.1 Å². The molecule has 2 unspecified atom stereocenters. The smallest absolute Gasteiger partial charge is 0.0582 e. The van der Waals surface area contributed by atoms with Crippen molar-refractivity contribution >= 4 is 6.21 Å². The van der Waals surface area contributed by atoms with Crippen LogP contribution in [0.3, 0.4) is 0 Å². The van der Waals surface area contributed by atoms with Gasteiger partial charge >= 0.3 is 0 Å². The Kier molecular flexibility index (Phi) is 7.65. The van der Waals surface area contributed by atoms with Gasteiger partial charge in [-0.15, -0.1) is 0 Å². The summed E-state index contributed by atoms with van der Waals surface area (Å²) in [6, 6.07) is 0.621. The SMILES string of the molecule is C1=NC2CCCC2C(N2CCCC2)=C1.CC1C(C)C(C)C(C)C1C.[Fe]. The Balaban J connectivity index is 0.000000184. The van der Waals surface area contributed by atoms with Crippen LogP contribution in [-0.4, -0.2) is 30.2 Å². The first kappa shape index (κ1) is 21.0. The average molecular weight is 386 g/mol. The van der Waals surface area contributed by atoms with Crippen molar-refractivity contribution in [3.05, 3.63) is 11.8 Å². The molecule has 2 saturated carbocycles. The van der Waals surface area contributed by atoms with E-state index in [1.165, 1.54) is 45.2 Å². The number of aliphatic imine (C=N–C) groups is 1. The second-order valence-electron chi connectivity index (χ2n) is 8.98. The fraction of sp³-hybridized carbons (Fsp3) is 0.864. The van der Waals surface area contributed by atoms with Crippen LogP contribution in [0.25, 0.3) is 0 Å². The molecule has 4 rings (SSSR count). The molecule has 2 aliphatic carbocycles. The molecule has 0 aromatic rings. The maximum atomic E-state index is 4.59. The summed E-state index contributed by atoms with van der Waals surface area (Å²) in [7, 11) is 0. The summed E-state index contributed by atoms with van der Waals surface area (Å²) < 4.78 is 0. The summed E-state index contributed by atoms with van der Waals surface area (Å²) in [5.74, 6) is 5.44. The summed E-state index contributed by atoms with van der Waals surface area (Å²) in [4.78, 5) is 7.18. The van der Waals surface area contributed by atoms with Crippen LogP contribution in [0.4, 0.5) is 0 Å². The van der Waals surface area contributed by atoms with E-state index in [-0.39, 0.29) is 17.1 Å². The largest absolute Gasteiger partial charge is 0.374 e. The number of hydrogen-bond acceptors (Lipinski definition) is 2. The Bertz CT molecular complexity index is 436. The molecule has 0 aromatic heterocycles. The molecule has 0 aromatic carbocycles. The van der Waals surface area contributed by atoms with E-state index in [1.807, 2.05) is 6.21 Å². The second kappa shape index (κ2) is 9.09. The maximum Gasteiger partial charge on any atom is 0.0582 e. The van der Waals surface area contributed by atoms with E-state index in [2.05, 4.69) is 50.6 Å². The summed E-state index contributed by atoms with van der Waals surface area (Å²) in [5.41, 5.74) is 1.60. The Morgan fingerprint density at radius 1 is 0.800 bits per heavy atom. The van der Waals surface area contributed by atoms with Gasteiger partial charge in [-0.25, -0.2) is 0 Å². The molecule has 4 aliphatic rings. The number of nitrogens with zero attached hydrogens (tertiary/aromatic N) is 2. The molecule has 0 amide bonds. The van der Waals surface area contributed by atoms with Gasteiger partial charge in [-0.1, -0.05) is 41.0 Å². The Labute approximate surface area is 166 Å². The van der Waals surface area contributed by atoms with Crippen molar-refractivity contribution < 1.29 is 17.1 Å². The van der Waals surface area contributed by atoms with Gasteiger partial charge in [-0.3, -0.25) is 4.99 Å². The molecule has 25 heavy (non-hydrogen) atoms. The van der Waals surface area contributed by atoms with Crippen molar-refractivity contribution in [2.45, 2.75) is 72.8 Å². The Morgan fingerprint density at radius 2 is 1.32 bits per heavy atom. The summed E-state index contributed by atoms with van der Waals surface area (Å²) in [6.07, 6.45) is 11.1. The minimum atomic E-state index is 0. The molecular weight excluding hydrogens is 348 g/mol. The molecule has 0 spiro atoms. The zero-order valence-electron chi connectivity index (χ0n) is 16.9. The molecule has 2 aliphatic heterocycles. The van der Waals surface area contributed by atoms with Gasteiger partial charge in [-0.2, -0.15) is 0 Å². The van der Waals surface area contributed by atoms with Crippen LogP contribution in [0.2, 0.25) is 0 Å². The number of hydrogen-bond donors (Lipinski definition) is 0. The van der Waals surface area contributed by atoms with Gasteiger partial charge in [0.25, 0.3) is 0 Å². The number of dihydropyridines is 1. The van der Waals surface area contributed by atoms with Gasteiger partial charge in [0.1, 0.15) is 0 Å². The summed E-state index contributed by atoms with van der Waals surface area (Å²) in [6.45, 7) is 14.6.